The number of sulfonamides is 1. The van der Waals surface area contributed by atoms with Crippen molar-refractivity contribution in [1.82, 2.24) is 9.62 Å². The first-order valence-electron chi connectivity index (χ1n) is 7.64. The summed E-state index contributed by atoms with van der Waals surface area (Å²) in [5, 5.41) is 3.47. The zero-order valence-corrected chi connectivity index (χ0v) is 14.0. The first-order valence-corrected chi connectivity index (χ1v) is 9.08. The fourth-order valence-corrected chi connectivity index (χ4v) is 5.27. The van der Waals surface area contributed by atoms with E-state index in [1.54, 1.807) is 22.5 Å². The van der Waals surface area contributed by atoms with Gasteiger partial charge in [-0.2, -0.15) is 4.31 Å². The quantitative estimate of drug-likeness (QED) is 0.881. The lowest BCUT2D eigenvalue weighted by atomic mass is 9.95. The summed E-state index contributed by atoms with van der Waals surface area (Å²) in [6, 6.07) is 5.76. The number of fused-ring (bicyclic) bond motifs is 2. The van der Waals surface area contributed by atoms with Crippen LogP contribution in [0, 0.1) is 5.92 Å². The lowest BCUT2D eigenvalue weighted by Crippen LogP contribution is -2.46. The predicted octanol–water partition coefficient (Wildman–Crippen LogP) is 1.42. The topological polar surface area (TPSA) is 58.6 Å². The van der Waals surface area contributed by atoms with Gasteiger partial charge in [-0.05, 0) is 49.1 Å². The van der Waals surface area contributed by atoms with Crippen LogP contribution < -0.4 is 10.1 Å². The monoisotopic (exact) mass is 344 g/mol. The minimum absolute atomic E-state index is 0. The molecule has 1 aromatic rings. The van der Waals surface area contributed by atoms with E-state index in [-0.39, 0.29) is 12.4 Å². The number of piperidine rings is 1. The van der Waals surface area contributed by atoms with E-state index in [0.29, 0.717) is 36.6 Å². The van der Waals surface area contributed by atoms with Crippen LogP contribution in [0.1, 0.15) is 18.4 Å². The van der Waals surface area contributed by atoms with Crippen LogP contribution in [-0.2, 0) is 16.4 Å². The van der Waals surface area contributed by atoms with Crippen LogP contribution in [0.25, 0.3) is 0 Å². The minimum Gasteiger partial charge on any atom is -0.493 e. The lowest BCUT2D eigenvalue weighted by Gasteiger charge is -2.34. The summed E-state index contributed by atoms with van der Waals surface area (Å²) in [6.07, 6.45) is 2.79. The van der Waals surface area contributed by atoms with Crippen molar-refractivity contribution >= 4 is 22.4 Å². The molecule has 0 saturated carbocycles. The second-order valence-electron chi connectivity index (χ2n) is 6.13. The molecule has 2 saturated heterocycles. The lowest BCUT2D eigenvalue weighted by molar-refractivity contribution is 0.247. The van der Waals surface area contributed by atoms with E-state index in [4.69, 9.17) is 4.74 Å². The normalized spacial score (nSPS) is 27.6. The van der Waals surface area contributed by atoms with E-state index in [1.807, 2.05) is 0 Å². The van der Waals surface area contributed by atoms with Gasteiger partial charge in [-0.1, -0.05) is 0 Å². The Hall–Kier alpha value is -0.820. The number of halogens is 1. The molecule has 0 spiro atoms. The molecule has 22 heavy (non-hydrogen) atoms. The molecule has 2 fully saturated rings. The molecule has 0 aliphatic carbocycles. The van der Waals surface area contributed by atoms with Gasteiger partial charge in [0.1, 0.15) is 5.75 Å². The van der Waals surface area contributed by atoms with Crippen molar-refractivity contribution in [2.45, 2.75) is 30.2 Å². The highest BCUT2D eigenvalue weighted by Gasteiger charge is 2.37. The van der Waals surface area contributed by atoms with E-state index in [1.165, 1.54) is 0 Å². The molecule has 3 aliphatic heterocycles. The van der Waals surface area contributed by atoms with Gasteiger partial charge in [0, 0.05) is 25.6 Å². The summed E-state index contributed by atoms with van der Waals surface area (Å²) in [4.78, 5) is 0.413. The van der Waals surface area contributed by atoms with E-state index in [9.17, 15) is 8.42 Å². The molecular weight excluding hydrogens is 324 g/mol. The molecule has 5 nitrogen and oxygen atoms in total. The molecule has 4 rings (SSSR count). The van der Waals surface area contributed by atoms with Crippen LogP contribution in [0.4, 0.5) is 0 Å². The van der Waals surface area contributed by atoms with Crippen molar-refractivity contribution in [3.63, 3.8) is 0 Å². The molecule has 0 bridgehead atoms. The Labute approximate surface area is 137 Å². The second kappa shape index (κ2) is 6.00. The number of hydrogen-bond acceptors (Lipinski definition) is 4. The average Bonchev–Trinajstić information content (AvgIpc) is 3.14. The maximum absolute atomic E-state index is 12.8. The first kappa shape index (κ1) is 16.1. The maximum Gasteiger partial charge on any atom is 0.243 e. The van der Waals surface area contributed by atoms with Gasteiger partial charge in [-0.15, -0.1) is 12.4 Å². The average molecular weight is 345 g/mol. The van der Waals surface area contributed by atoms with Crippen molar-refractivity contribution in [3.05, 3.63) is 23.8 Å². The van der Waals surface area contributed by atoms with Crippen LogP contribution in [0.2, 0.25) is 0 Å². The summed E-state index contributed by atoms with van der Waals surface area (Å²) in [5.41, 5.74) is 1.01. The Morgan fingerprint density at radius 3 is 3.00 bits per heavy atom. The van der Waals surface area contributed by atoms with Crippen LogP contribution in [0.15, 0.2) is 23.1 Å². The highest BCUT2D eigenvalue weighted by atomic mass is 35.5. The van der Waals surface area contributed by atoms with Crippen molar-refractivity contribution in [2.24, 2.45) is 5.92 Å². The molecule has 2 unspecified atom stereocenters. The second-order valence-corrected chi connectivity index (χ2v) is 8.07. The number of benzene rings is 1. The van der Waals surface area contributed by atoms with Gasteiger partial charge < -0.3 is 10.1 Å². The van der Waals surface area contributed by atoms with Gasteiger partial charge in [0.25, 0.3) is 0 Å². The van der Waals surface area contributed by atoms with Crippen LogP contribution in [-0.4, -0.2) is 45.0 Å². The summed E-state index contributed by atoms with van der Waals surface area (Å²) in [7, 11) is -3.37. The molecule has 3 heterocycles. The van der Waals surface area contributed by atoms with Gasteiger partial charge in [-0.25, -0.2) is 8.42 Å². The Bertz CT molecular complexity index is 665. The van der Waals surface area contributed by atoms with E-state index < -0.39 is 10.0 Å². The Morgan fingerprint density at radius 1 is 1.27 bits per heavy atom. The van der Waals surface area contributed by atoms with E-state index in [0.717, 1.165) is 37.1 Å². The van der Waals surface area contributed by atoms with E-state index >= 15 is 0 Å². The van der Waals surface area contributed by atoms with Gasteiger partial charge in [0.2, 0.25) is 10.0 Å². The van der Waals surface area contributed by atoms with Crippen molar-refractivity contribution < 1.29 is 13.2 Å². The molecule has 1 N–H and O–H groups in total. The number of hydrogen-bond donors (Lipinski definition) is 1. The summed E-state index contributed by atoms with van der Waals surface area (Å²) < 4.78 is 32.8. The molecule has 0 aromatic heterocycles. The molecule has 3 aliphatic rings. The smallest absolute Gasteiger partial charge is 0.243 e. The highest BCUT2D eigenvalue weighted by molar-refractivity contribution is 7.89. The van der Waals surface area contributed by atoms with Gasteiger partial charge >= 0.3 is 0 Å². The van der Waals surface area contributed by atoms with Crippen LogP contribution >= 0.6 is 12.4 Å². The third-order valence-corrected chi connectivity index (χ3v) is 6.78. The van der Waals surface area contributed by atoms with Crippen molar-refractivity contribution in [1.29, 1.82) is 0 Å². The largest absolute Gasteiger partial charge is 0.493 e. The third kappa shape index (κ3) is 2.62. The number of nitrogens with one attached hydrogen (secondary N) is 1. The molecule has 7 heteroatoms. The number of ether oxygens (including phenoxy) is 1. The maximum atomic E-state index is 12.8. The molecule has 1 aromatic carbocycles. The van der Waals surface area contributed by atoms with Gasteiger partial charge in [-0.3, -0.25) is 0 Å². The molecule has 122 valence electrons. The molecule has 0 radical (unpaired) electrons. The summed E-state index contributed by atoms with van der Waals surface area (Å²) in [5.74, 6) is 1.29. The minimum atomic E-state index is -3.37. The highest BCUT2D eigenvalue weighted by Crippen LogP contribution is 2.32. The zero-order chi connectivity index (χ0) is 14.4. The SMILES string of the molecule is Cl.O=S(=O)(c1ccc2c(c1)CCO2)N1CCC2NCCC2C1. The van der Waals surface area contributed by atoms with Crippen LogP contribution in [0.3, 0.4) is 0 Å². The Balaban J connectivity index is 0.00000144. The van der Waals surface area contributed by atoms with Crippen LogP contribution in [0.5, 0.6) is 5.75 Å². The zero-order valence-electron chi connectivity index (χ0n) is 12.3. The Kier molecular flexibility index (Phi) is 4.38. The summed E-state index contributed by atoms with van der Waals surface area (Å²) in [6.45, 7) is 2.93. The Morgan fingerprint density at radius 2 is 2.14 bits per heavy atom. The third-order valence-electron chi connectivity index (χ3n) is 4.92. The molecule has 2 atom stereocenters. The summed E-state index contributed by atoms with van der Waals surface area (Å²) >= 11 is 0. The predicted molar refractivity (Wildman–Crippen MR) is 86.2 cm³/mol. The fourth-order valence-electron chi connectivity index (χ4n) is 3.70. The molecular formula is C15H21ClN2O3S. The number of nitrogens with zero attached hydrogens (tertiary/aromatic N) is 1. The van der Waals surface area contributed by atoms with Gasteiger partial charge in [0.15, 0.2) is 0 Å². The van der Waals surface area contributed by atoms with E-state index in [2.05, 4.69) is 5.32 Å². The molecule has 0 amide bonds. The van der Waals surface area contributed by atoms with Crippen molar-refractivity contribution in [3.8, 4) is 5.75 Å². The number of rotatable bonds is 2. The van der Waals surface area contributed by atoms with Gasteiger partial charge in [0.05, 0.1) is 11.5 Å². The standard InChI is InChI=1S/C15H20N2O3S.ClH/c18-21(19,13-1-2-15-11(9-13)5-8-20-15)17-7-4-14-12(10-17)3-6-16-14;/h1-2,9,12,14,16H,3-8,10H2;1H. The fraction of sp³-hybridized carbons (Fsp3) is 0.600. The van der Waals surface area contributed by atoms with Crippen molar-refractivity contribution in [2.75, 3.05) is 26.2 Å². The first-order chi connectivity index (χ1) is 10.1.